The lowest BCUT2D eigenvalue weighted by Crippen LogP contribution is -2.50. The summed E-state index contributed by atoms with van der Waals surface area (Å²) in [5.74, 6) is 0.101. The fourth-order valence-corrected chi connectivity index (χ4v) is 6.25. The number of nitrogens with zero attached hydrogens (tertiary/aromatic N) is 2. The smallest absolute Gasteiger partial charge is 0.243 e. The molecular weight excluding hydrogens is 400 g/mol. The summed E-state index contributed by atoms with van der Waals surface area (Å²) in [5.41, 5.74) is 2.68. The van der Waals surface area contributed by atoms with Crippen molar-refractivity contribution in [2.24, 2.45) is 0 Å². The maximum absolute atomic E-state index is 13.4. The Balaban J connectivity index is 1.65. The van der Waals surface area contributed by atoms with Crippen molar-refractivity contribution >= 4 is 15.9 Å². The maximum Gasteiger partial charge on any atom is 0.243 e. The average molecular weight is 437 g/mol. The van der Waals surface area contributed by atoms with Crippen molar-refractivity contribution in [2.45, 2.75) is 76.7 Å². The van der Waals surface area contributed by atoms with Crippen LogP contribution in [0.1, 0.15) is 63.1 Å². The third-order valence-electron chi connectivity index (χ3n) is 6.22. The second-order valence-corrected chi connectivity index (χ2v) is 11.5. The molecule has 0 N–H and O–H groups in total. The summed E-state index contributed by atoms with van der Waals surface area (Å²) in [6.07, 6.45) is 3.55. The largest absolute Gasteiger partial charge is 0.378 e. The summed E-state index contributed by atoms with van der Waals surface area (Å²) >= 11 is 0. The molecule has 1 aromatic carbocycles. The van der Waals surface area contributed by atoms with Gasteiger partial charge in [-0.2, -0.15) is 4.31 Å². The van der Waals surface area contributed by atoms with Gasteiger partial charge in [0.1, 0.15) is 0 Å². The van der Waals surface area contributed by atoms with Crippen LogP contribution in [0.5, 0.6) is 0 Å². The quantitative estimate of drug-likeness (QED) is 0.710. The molecule has 3 rings (SSSR count). The van der Waals surface area contributed by atoms with Gasteiger partial charge in [-0.1, -0.05) is 32.9 Å². The molecule has 30 heavy (non-hydrogen) atoms. The first-order valence-electron chi connectivity index (χ1n) is 11.0. The highest BCUT2D eigenvalue weighted by molar-refractivity contribution is 7.89. The van der Waals surface area contributed by atoms with E-state index in [4.69, 9.17) is 4.74 Å². The van der Waals surface area contributed by atoms with Gasteiger partial charge in [0.15, 0.2) is 0 Å². The van der Waals surface area contributed by atoms with E-state index in [-0.39, 0.29) is 17.4 Å². The molecule has 1 amide bonds. The normalized spacial score (nSPS) is 21.2. The van der Waals surface area contributed by atoms with Crippen molar-refractivity contribution in [2.75, 3.05) is 32.8 Å². The molecule has 0 radical (unpaired) electrons. The van der Waals surface area contributed by atoms with Crippen molar-refractivity contribution in [3.05, 3.63) is 28.8 Å². The van der Waals surface area contributed by atoms with Gasteiger partial charge in [-0.25, -0.2) is 8.42 Å². The zero-order valence-corrected chi connectivity index (χ0v) is 19.8. The molecular formula is C23H36N2O4S. The molecule has 1 atom stereocenters. The first kappa shape index (κ1) is 23.2. The van der Waals surface area contributed by atoms with Gasteiger partial charge in [0.2, 0.25) is 15.9 Å². The number of sulfonamides is 1. The van der Waals surface area contributed by atoms with E-state index < -0.39 is 10.0 Å². The lowest BCUT2D eigenvalue weighted by molar-refractivity contribution is -0.133. The van der Waals surface area contributed by atoms with Gasteiger partial charge >= 0.3 is 0 Å². The number of hydrogen-bond acceptors (Lipinski definition) is 4. The second-order valence-electron chi connectivity index (χ2n) is 9.65. The summed E-state index contributed by atoms with van der Waals surface area (Å²) in [7, 11) is -3.58. The maximum atomic E-state index is 13.4. The third kappa shape index (κ3) is 5.06. The van der Waals surface area contributed by atoms with Crippen LogP contribution in [0.15, 0.2) is 17.0 Å². The Bertz CT molecular complexity index is 852. The van der Waals surface area contributed by atoms with E-state index >= 15 is 0 Å². The van der Waals surface area contributed by atoms with E-state index in [0.29, 0.717) is 37.5 Å². The summed E-state index contributed by atoms with van der Waals surface area (Å²) in [4.78, 5) is 14.7. The molecule has 2 saturated heterocycles. The molecule has 0 bridgehead atoms. The van der Waals surface area contributed by atoms with Gasteiger partial charge in [-0.05, 0) is 55.2 Å². The summed E-state index contributed by atoms with van der Waals surface area (Å²) in [6.45, 7) is 12.5. The molecule has 0 aromatic heterocycles. The van der Waals surface area contributed by atoms with E-state index in [1.54, 1.807) is 4.90 Å². The van der Waals surface area contributed by atoms with Gasteiger partial charge < -0.3 is 9.64 Å². The number of piperazine rings is 1. The lowest BCUT2D eigenvalue weighted by Gasteiger charge is -2.35. The van der Waals surface area contributed by atoms with Crippen LogP contribution in [0, 0.1) is 13.8 Å². The fourth-order valence-electron chi connectivity index (χ4n) is 4.41. The molecule has 7 heteroatoms. The van der Waals surface area contributed by atoms with E-state index in [0.717, 1.165) is 42.6 Å². The van der Waals surface area contributed by atoms with E-state index in [1.807, 2.05) is 26.0 Å². The van der Waals surface area contributed by atoms with E-state index in [9.17, 15) is 13.2 Å². The summed E-state index contributed by atoms with van der Waals surface area (Å²) < 4.78 is 33.9. The van der Waals surface area contributed by atoms with Crippen LogP contribution in [-0.4, -0.2) is 62.4 Å². The Morgan fingerprint density at radius 1 is 1.10 bits per heavy atom. The Kier molecular flexibility index (Phi) is 6.94. The van der Waals surface area contributed by atoms with Gasteiger partial charge in [-0.3, -0.25) is 4.79 Å². The standard InChI is InChI=1S/C23H36N2O4S/c1-17-15-19(23(3,4)5)16-18(2)22(17)30(27,28)25-12-10-24(11-13-25)21(26)9-8-20-7-6-14-29-20/h15-16,20H,6-14H2,1-5H3. The molecule has 2 heterocycles. The van der Waals surface area contributed by atoms with E-state index in [1.165, 1.54) is 4.31 Å². The fraction of sp³-hybridized carbons (Fsp3) is 0.696. The number of ether oxygens (including phenoxy) is 1. The summed E-state index contributed by atoms with van der Waals surface area (Å²) in [5, 5.41) is 0. The van der Waals surface area contributed by atoms with Crippen molar-refractivity contribution in [1.82, 2.24) is 9.21 Å². The van der Waals surface area contributed by atoms with Crippen molar-refractivity contribution in [3.8, 4) is 0 Å². The molecule has 6 nitrogen and oxygen atoms in total. The number of carbonyl (C=O) groups is 1. The number of rotatable bonds is 5. The van der Waals surface area contributed by atoms with E-state index in [2.05, 4.69) is 20.8 Å². The number of benzene rings is 1. The first-order valence-corrected chi connectivity index (χ1v) is 12.5. The van der Waals surface area contributed by atoms with Crippen molar-refractivity contribution in [1.29, 1.82) is 0 Å². The lowest BCUT2D eigenvalue weighted by atomic mass is 9.85. The SMILES string of the molecule is Cc1cc(C(C)(C)C)cc(C)c1S(=O)(=O)N1CCN(C(=O)CCC2CCCO2)CC1. The topological polar surface area (TPSA) is 66.9 Å². The van der Waals surface area contributed by atoms with Crippen LogP contribution in [0.3, 0.4) is 0 Å². The Labute approximate surface area is 181 Å². The molecule has 0 spiro atoms. The highest BCUT2D eigenvalue weighted by Crippen LogP contribution is 2.31. The molecule has 0 aliphatic carbocycles. The van der Waals surface area contributed by atoms with Crippen molar-refractivity contribution < 1.29 is 17.9 Å². The van der Waals surface area contributed by atoms with Crippen LogP contribution in [0.2, 0.25) is 0 Å². The number of hydrogen-bond donors (Lipinski definition) is 0. The van der Waals surface area contributed by atoms with Gasteiger partial charge in [0, 0.05) is 39.2 Å². The predicted octanol–water partition coefficient (Wildman–Crippen LogP) is 3.39. The third-order valence-corrected chi connectivity index (χ3v) is 8.42. The molecule has 1 unspecified atom stereocenters. The highest BCUT2D eigenvalue weighted by atomic mass is 32.2. The second kappa shape index (κ2) is 8.97. The molecule has 2 aliphatic rings. The number of amides is 1. The predicted molar refractivity (Wildman–Crippen MR) is 118 cm³/mol. The average Bonchev–Trinajstić information content (AvgIpc) is 3.18. The minimum Gasteiger partial charge on any atom is -0.378 e. The Morgan fingerprint density at radius 3 is 2.20 bits per heavy atom. The molecule has 1 aromatic rings. The van der Waals surface area contributed by atoms with Crippen LogP contribution < -0.4 is 0 Å². The summed E-state index contributed by atoms with van der Waals surface area (Å²) in [6, 6.07) is 3.98. The molecule has 168 valence electrons. The minimum absolute atomic E-state index is 0.0344. The number of carbonyl (C=O) groups excluding carboxylic acids is 1. The van der Waals surface area contributed by atoms with Gasteiger partial charge in [-0.15, -0.1) is 0 Å². The highest BCUT2D eigenvalue weighted by Gasteiger charge is 2.33. The molecule has 2 fully saturated rings. The monoisotopic (exact) mass is 436 g/mol. The molecule has 2 aliphatic heterocycles. The Hall–Kier alpha value is -1.44. The van der Waals surface area contributed by atoms with Crippen LogP contribution in [-0.2, 0) is 25.0 Å². The van der Waals surface area contributed by atoms with Gasteiger partial charge in [0.25, 0.3) is 0 Å². The van der Waals surface area contributed by atoms with Crippen LogP contribution in [0.25, 0.3) is 0 Å². The van der Waals surface area contributed by atoms with Crippen LogP contribution in [0.4, 0.5) is 0 Å². The van der Waals surface area contributed by atoms with Gasteiger partial charge in [0.05, 0.1) is 11.0 Å². The number of aryl methyl sites for hydroxylation is 2. The van der Waals surface area contributed by atoms with Crippen LogP contribution >= 0.6 is 0 Å². The Morgan fingerprint density at radius 2 is 1.70 bits per heavy atom. The van der Waals surface area contributed by atoms with Crippen molar-refractivity contribution in [3.63, 3.8) is 0 Å². The first-order chi connectivity index (χ1) is 14.0. The molecule has 0 saturated carbocycles. The minimum atomic E-state index is -3.58. The zero-order chi connectivity index (χ0) is 22.1. The zero-order valence-electron chi connectivity index (χ0n) is 19.0.